The highest BCUT2D eigenvalue weighted by atomic mass is 32.2. The summed E-state index contributed by atoms with van der Waals surface area (Å²) in [7, 11) is 0.0349. The largest absolute Gasteiger partial charge is 0.392 e. The molecule has 0 saturated heterocycles. The smallest absolute Gasteiger partial charge is 0.233 e. The molecule has 0 radical (unpaired) electrons. The third kappa shape index (κ3) is 3.85. The Morgan fingerprint density at radius 2 is 1.90 bits per heavy atom. The standard InChI is InChI=1S/C14H23N3O3S/c1-10-5-12(10)8-16(2)13-6-11(9-18)7-14(15-13)17(3)21(4,19)20/h6-7,10,12,18H,5,8-9H2,1-4H3. The number of aliphatic hydroxyl groups excluding tert-OH is 1. The van der Waals surface area contributed by atoms with Gasteiger partial charge in [-0.1, -0.05) is 6.92 Å². The summed E-state index contributed by atoms with van der Waals surface area (Å²) in [5.41, 5.74) is 0.654. The Kier molecular flexibility index (Phi) is 4.43. The van der Waals surface area contributed by atoms with E-state index in [0.29, 0.717) is 23.1 Å². The molecule has 0 spiro atoms. The van der Waals surface area contributed by atoms with E-state index in [0.717, 1.165) is 23.0 Å². The van der Waals surface area contributed by atoms with Crippen LogP contribution in [-0.2, 0) is 16.6 Å². The van der Waals surface area contributed by atoms with Gasteiger partial charge in [0.25, 0.3) is 0 Å². The first kappa shape index (κ1) is 16.0. The zero-order valence-corrected chi connectivity index (χ0v) is 13.8. The van der Waals surface area contributed by atoms with E-state index in [1.807, 2.05) is 11.9 Å². The van der Waals surface area contributed by atoms with E-state index < -0.39 is 10.0 Å². The third-order valence-corrected chi connectivity index (χ3v) is 5.22. The first-order chi connectivity index (χ1) is 9.72. The Hall–Kier alpha value is -1.34. The minimum atomic E-state index is -3.37. The van der Waals surface area contributed by atoms with Crippen LogP contribution >= 0.6 is 0 Å². The van der Waals surface area contributed by atoms with Crippen molar-refractivity contribution in [2.75, 3.05) is 36.1 Å². The number of sulfonamides is 1. The lowest BCUT2D eigenvalue weighted by Gasteiger charge is -2.22. The molecule has 1 aromatic rings. The molecule has 1 aliphatic carbocycles. The number of rotatable bonds is 6. The van der Waals surface area contributed by atoms with Gasteiger partial charge in [-0.25, -0.2) is 13.4 Å². The lowest BCUT2D eigenvalue weighted by atomic mass is 10.2. The van der Waals surface area contributed by atoms with E-state index in [1.165, 1.54) is 13.5 Å². The first-order valence-electron chi connectivity index (χ1n) is 6.99. The second-order valence-corrected chi connectivity index (χ2v) is 7.95. The van der Waals surface area contributed by atoms with Gasteiger partial charge in [0.05, 0.1) is 12.9 Å². The molecule has 0 aromatic carbocycles. The molecule has 2 atom stereocenters. The van der Waals surface area contributed by atoms with Crippen molar-refractivity contribution in [2.24, 2.45) is 11.8 Å². The number of nitrogens with zero attached hydrogens (tertiary/aromatic N) is 3. The molecular formula is C14H23N3O3S. The summed E-state index contributed by atoms with van der Waals surface area (Å²) >= 11 is 0. The second-order valence-electron chi connectivity index (χ2n) is 5.93. The van der Waals surface area contributed by atoms with Gasteiger partial charge in [-0.15, -0.1) is 0 Å². The lowest BCUT2D eigenvalue weighted by Crippen LogP contribution is -2.27. The number of aliphatic hydroxyl groups is 1. The molecule has 2 unspecified atom stereocenters. The minimum absolute atomic E-state index is 0.145. The van der Waals surface area contributed by atoms with E-state index in [4.69, 9.17) is 0 Å². The van der Waals surface area contributed by atoms with Crippen molar-refractivity contribution in [3.05, 3.63) is 17.7 Å². The van der Waals surface area contributed by atoms with Crippen LogP contribution in [0.25, 0.3) is 0 Å². The monoisotopic (exact) mass is 313 g/mol. The van der Waals surface area contributed by atoms with Gasteiger partial charge in [-0.2, -0.15) is 0 Å². The van der Waals surface area contributed by atoms with Crippen LogP contribution in [0.3, 0.4) is 0 Å². The topological polar surface area (TPSA) is 73.7 Å². The van der Waals surface area contributed by atoms with E-state index >= 15 is 0 Å². The van der Waals surface area contributed by atoms with Crippen molar-refractivity contribution >= 4 is 21.7 Å². The normalized spacial score (nSPS) is 21.2. The molecular weight excluding hydrogens is 290 g/mol. The van der Waals surface area contributed by atoms with E-state index in [2.05, 4.69) is 11.9 Å². The summed E-state index contributed by atoms with van der Waals surface area (Å²) in [5, 5.41) is 9.37. The maximum Gasteiger partial charge on any atom is 0.233 e. The van der Waals surface area contributed by atoms with Gasteiger partial charge < -0.3 is 10.0 Å². The molecule has 1 aliphatic rings. The molecule has 1 saturated carbocycles. The maximum absolute atomic E-state index is 11.7. The van der Waals surface area contributed by atoms with Gasteiger partial charge in [-0.05, 0) is 36.0 Å². The van der Waals surface area contributed by atoms with Crippen LogP contribution in [0.5, 0.6) is 0 Å². The van der Waals surface area contributed by atoms with Crippen LogP contribution in [0, 0.1) is 11.8 Å². The summed E-state index contributed by atoms with van der Waals surface area (Å²) in [6, 6.07) is 3.39. The quantitative estimate of drug-likeness (QED) is 0.850. The number of anilines is 2. The van der Waals surface area contributed by atoms with E-state index in [1.54, 1.807) is 12.1 Å². The molecule has 0 aliphatic heterocycles. The fourth-order valence-electron chi connectivity index (χ4n) is 2.27. The lowest BCUT2D eigenvalue weighted by molar-refractivity contribution is 0.282. The summed E-state index contributed by atoms with van der Waals surface area (Å²) in [5.74, 6) is 2.43. The number of hydrogen-bond donors (Lipinski definition) is 1. The Balaban J connectivity index is 2.28. The average molecular weight is 313 g/mol. The van der Waals surface area contributed by atoms with Crippen molar-refractivity contribution < 1.29 is 13.5 Å². The van der Waals surface area contributed by atoms with Crippen molar-refractivity contribution in [1.29, 1.82) is 0 Å². The highest BCUT2D eigenvalue weighted by molar-refractivity contribution is 7.92. The van der Waals surface area contributed by atoms with Crippen LogP contribution < -0.4 is 9.21 Å². The number of aromatic nitrogens is 1. The molecule has 1 aromatic heterocycles. The fourth-order valence-corrected chi connectivity index (χ4v) is 2.71. The van der Waals surface area contributed by atoms with Gasteiger partial charge in [-0.3, -0.25) is 4.31 Å². The van der Waals surface area contributed by atoms with Gasteiger partial charge in [0, 0.05) is 20.6 Å². The highest BCUT2D eigenvalue weighted by Crippen LogP contribution is 2.38. The minimum Gasteiger partial charge on any atom is -0.392 e. The van der Waals surface area contributed by atoms with Crippen LogP contribution in [0.4, 0.5) is 11.6 Å². The average Bonchev–Trinajstić information content (AvgIpc) is 3.11. The van der Waals surface area contributed by atoms with Crippen molar-refractivity contribution in [2.45, 2.75) is 20.0 Å². The number of pyridine rings is 1. The summed E-state index contributed by atoms with van der Waals surface area (Å²) in [6.45, 7) is 2.97. The predicted octanol–water partition coefficient (Wildman–Crippen LogP) is 1.06. The molecule has 118 valence electrons. The third-order valence-electron chi connectivity index (χ3n) is 4.04. The van der Waals surface area contributed by atoms with E-state index in [-0.39, 0.29) is 6.61 Å². The maximum atomic E-state index is 11.7. The summed E-state index contributed by atoms with van der Waals surface area (Å²) < 4.78 is 24.4. The SMILES string of the molecule is CC1CC1CN(C)c1cc(CO)cc(N(C)S(C)(=O)=O)n1. The molecule has 1 fully saturated rings. The summed E-state index contributed by atoms with van der Waals surface area (Å²) in [6.07, 6.45) is 2.36. The van der Waals surface area contributed by atoms with E-state index in [9.17, 15) is 13.5 Å². The first-order valence-corrected chi connectivity index (χ1v) is 8.84. The predicted molar refractivity (Wildman–Crippen MR) is 83.9 cm³/mol. The molecule has 7 heteroatoms. The van der Waals surface area contributed by atoms with Crippen LogP contribution in [0.2, 0.25) is 0 Å². The van der Waals surface area contributed by atoms with Crippen LogP contribution in [-0.4, -0.2) is 45.4 Å². The Bertz CT molecular complexity index is 618. The zero-order valence-electron chi connectivity index (χ0n) is 12.9. The van der Waals surface area contributed by atoms with Crippen LogP contribution in [0.15, 0.2) is 12.1 Å². The van der Waals surface area contributed by atoms with Gasteiger partial charge in [0.15, 0.2) is 0 Å². The zero-order chi connectivity index (χ0) is 15.8. The van der Waals surface area contributed by atoms with Gasteiger partial charge in [0.2, 0.25) is 10.0 Å². The Morgan fingerprint density at radius 3 is 2.38 bits per heavy atom. The van der Waals surface area contributed by atoms with Gasteiger partial charge >= 0.3 is 0 Å². The molecule has 6 nitrogen and oxygen atoms in total. The Morgan fingerprint density at radius 1 is 1.33 bits per heavy atom. The number of hydrogen-bond acceptors (Lipinski definition) is 5. The van der Waals surface area contributed by atoms with Crippen molar-refractivity contribution in [3.8, 4) is 0 Å². The highest BCUT2D eigenvalue weighted by Gasteiger charge is 2.33. The van der Waals surface area contributed by atoms with Crippen molar-refractivity contribution in [3.63, 3.8) is 0 Å². The summed E-state index contributed by atoms with van der Waals surface area (Å²) in [4.78, 5) is 6.44. The molecule has 0 amide bonds. The Labute approximate surface area is 126 Å². The van der Waals surface area contributed by atoms with Crippen molar-refractivity contribution in [1.82, 2.24) is 4.98 Å². The molecule has 0 bridgehead atoms. The fraction of sp³-hybridized carbons (Fsp3) is 0.643. The molecule has 2 rings (SSSR count). The molecule has 21 heavy (non-hydrogen) atoms. The second kappa shape index (κ2) is 5.81. The van der Waals surface area contributed by atoms with Gasteiger partial charge in [0.1, 0.15) is 11.6 Å². The van der Waals surface area contributed by atoms with Crippen LogP contribution in [0.1, 0.15) is 18.9 Å². The molecule has 1 heterocycles. The molecule has 1 N–H and O–H groups in total.